The van der Waals surface area contributed by atoms with Crippen LogP contribution in [0.5, 0.6) is 0 Å². The van der Waals surface area contributed by atoms with Crippen molar-refractivity contribution in [3.8, 4) is 11.1 Å². The smallest absolute Gasteiger partial charge is 0.254 e. The van der Waals surface area contributed by atoms with E-state index in [0.717, 1.165) is 0 Å². The summed E-state index contributed by atoms with van der Waals surface area (Å²) in [4.78, 5) is 21.6. The molecule has 0 fully saturated rings. The predicted octanol–water partition coefficient (Wildman–Crippen LogP) is 3.69. The molecule has 2 aliphatic carbocycles. The molecule has 0 aliphatic heterocycles. The van der Waals surface area contributed by atoms with Crippen LogP contribution < -0.4 is 5.32 Å². The van der Waals surface area contributed by atoms with Gasteiger partial charge in [-0.2, -0.15) is 0 Å². The number of benzene rings is 2. The van der Waals surface area contributed by atoms with Crippen molar-refractivity contribution in [3.05, 3.63) is 54.1 Å². The second kappa shape index (κ2) is 5.67. The van der Waals surface area contributed by atoms with Gasteiger partial charge in [0.15, 0.2) is 0 Å². The quantitative estimate of drug-likeness (QED) is 0.724. The van der Waals surface area contributed by atoms with E-state index in [9.17, 15) is 9.59 Å². The van der Waals surface area contributed by atoms with Crippen molar-refractivity contribution in [2.75, 3.05) is 5.32 Å². The topological polar surface area (TPSA) is 46.2 Å². The van der Waals surface area contributed by atoms with Gasteiger partial charge in [0.25, 0.3) is 5.24 Å². The minimum absolute atomic E-state index is 0.231. The summed E-state index contributed by atoms with van der Waals surface area (Å²) >= 11 is 5.30. The van der Waals surface area contributed by atoms with Crippen molar-refractivity contribution in [1.29, 1.82) is 0 Å². The molecule has 0 heterocycles. The largest absolute Gasteiger partial charge is 0.326 e. The molecule has 3 nitrogen and oxygen atoms in total. The SMILES string of the molecule is CC(=O)Nc1ccccc1C(=O)Cl.c1cc2ccc1-2. The minimum Gasteiger partial charge on any atom is -0.326 e. The second-order valence-electron chi connectivity index (χ2n) is 4.08. The predicted molar refractivity (Wildman–Crippen MR) is 76.4 cm³/mol. The Bertz CT molecular complexity index is 599. The van der Waals surface area contributed by atoms with Crippen LogP contribution in [-0.4, -0.2) is 11.1 Å². The molecule has 3 rings (SSSR count). The number of hydrogen-bond donors (Lipinski definition) is 1. The maximum Gasteiger partial charge on any atom is 0.254 e. The normalized spacial score (nSPS) is 10.0. The van der Waals surface area contributed by atoms with E-state index in [2.05, 4.69) is 29.6 Å². The third-order valence-corrected chi connectivity index (χ3v) is 2.87. The van der Waals surface area contributed by atoms with E-state index in [1.54, 1.807) is 24.3 Å². The van der Waals surface area contributed by atoms with Crippen LogP contribution in [0.2, 0.25) is 0 Å². The highest BCUT2D eigenvalue weighted by Crippen LogP contribution is 2.29. The molecule has 0 bridgehead atoms. The van der Waals surface area contributed by atoms with Crippen LogP contribution in [0.25, 0.3) is 11.1 Å². The van der Waals surface area contributed by atoms with Crippen LogP contribution >= 0.6 is 11.6 Å². The molecule has 0 radical (unpaired) electrons. The maximum atomic E-state index is 10.9. The summed E-state index contributed by atoms with van der Waals surface area (Å²) in [6, 6.07) is 15.1. The Morgan fingerprint density at radius 1 is 0.947 bits per heavy atom. The van der Waals surface area contributed by atoms with Crippen molar-refractivity contribution in [1.82, 2.24) is 0 Å². The number of carbonyl (C=O) groups excluding carboxylic acids is 2. The summed E-state index contributed by atoms with van der Waals surface area (Å²) in [5.41, 5.74) is 3.60. The van der Waals surface area contributed by atoms with Gasteiger partial charge in [0.05, 0.1) is 11.3 Å². The molecule has 0 saturated carbocycles. The lowest BCUT2D eigenvalue weighted by Gasteiger charge is -2.10. The fourth-order valence-corrected chi connectivity index (χ4v) is 1.78. The Morgan fingerprint density at radius 2 is 1.47 bits per heavy atom. The van der Waals surface area contributed by atoms with E-state index < -0.39 is 5.24 Å². The summed E-state index contributed by atoms with van der Waals surface area (Å²) in [7, 11) is 0. The molecule has 0 atom stereocenters. The Hall–Kier alpha value is -2.13. The van der Waals surface area contributed by atoms with Crippen LogP contribution in [0.1, 0.15) is 17.3 Å². The second-order valence-corrected chi connectivity index (χ2v) is 4.42. The first kappa shape index (κ1) is 13.3. The van der Waals surface area contributed by atoms with Crippen LogP contribution in [0, 0.1) is 0 Å². The molecule has 19 heavy (non-hydrogen) atoms. The van der Waals surface area contributed by atoms with E-state index in [1.165, 1.54) is 18.1 Å². The lowest BCUT2D eigenvalue weighted by molar-refractivity contribution is -0.114. The summed E-state index contributed by atoms with van der Waals surface area (Å²) in [6.45, 7) is 1.37. The van der Waals surface area contributed by atoms with Gasteiger partial charge in [-0.3, -0.25) is 9.59 Å². The molecule has 0 saturated heterocycles. The van der Waals surface area contributed by atoms with Gasteiger partial charge in [0.1, 0.15) is 0 Å². The number of nitrogens with one attached hydrogen (secondary N) is 1. The first-order chi connectivity index (χ1) is 9.08. The Morgan fingerprint density at radius 3 is 1.84 bits per heavy atom. The lowest BCUT2D eigenvalue weighted by Crippen LogP contribution is -2.08. The van der Waals surface area contributed by atoms with E-state index in [-0.39, 0.29) is 5.91 Å². The highest BCUT2D eigenvalue weighted by Gasteiger charge is 2.08. The molecule has 0 spiro atoms. The Labute approximate surface area is 116 Å². The molecule has 2 aliphatic rings. The van der Waals surface area contributed by atoms with Crippen molar-refractivity contribution >= 4 is 28.4 Å². The third-order valence-electron chi connectivity index (χ3n) is 2.67. The molecule has 1 aromatic rings. The van der Waals surface area contributed by atoms with Gasteiger partial charge in [-0.25, -0.2) is 0 Å². The van der Waals surface area contributed by atoms with Gasteiger partial charge in [-0.1, -0.05) is 36.4 Å². The monoisotopic (exact) mass is 273 g/mol. The summed E-state index contributed by atoms with van der Waals surface area (Å²) in [5, 5.41) is 1.93. The zero-order valence-corrected chi connectivity index (χ0v) is 11.1. The van der Waals surface area contributed by atoms with Gasteiger partial charge >= 0.3 is 0 Å². The van der Waals surface area contributed by atoms with Gasteiger partial charge in [-0.15, -0.1) is 0 Å². The van der Waals surface area contributed by atoms with Gasteiger partial charge < -0.3 is 5.32 Å². The average molecular weight is 274 g/mol. The zero-order chi connectivity index (χ0) is 13.8. The fourth-order valence-electron chi connectivity index (χ4n) is 1.62. The third kappa shape index (κ3) is 3.20. The van der Waals surface area contributed by atoms with Crippen molar-refractivity contribution in [2.45, 2.75) is 6.92 Å². The Balaban J connectivity index is 0.000000180. The van der Waals surface area contributed by atoms with Gasteiger partial charge in [-0.05, 0) is 34.9 Å². The number of anilines is 1. The van der Waals surface area contributed by atoms with Crippen molar-refractivity contribution in [3.63, 3.8) is 0 Å². The van der Waals surface area contributed by atoms with Crippen molar-refractivity contribution in [2.24, 2.45) is 0 Å². The highest BCUT2D eigenvalue weighted by molar-refractivity contribution is 6.68. The minimum atomic E-state index is -0.579. The standard InChI is InChI=1S/C9H8ClNO2.C6H4/c1-6(12)11-8-5-3-2-4-7(8)9(10)13;1-2-6-4-3-5(1)6/h2-5H,1H3,(H,11,12);1-4H. The molecule has 4 heteroatoms. The van der Waals surface area contributed by atoms with Crippen molar-refractivity contribution < 1.29 is 9.59 Å². The fraction of sp³-hybridized carbons (Fsp3) is 0.0667. The van der Waals surface area contributed by atoms with Crippen LogP contribution in [-0.2, 0) is 4.79 Å². The molecule has 1 amide bonds. The van der Waals surface area contributed by atoms with Crippen LogP contribution in [0.4, 0.5) is 5.69 Å². The van der Waals surface area contributed by atoms with Crippen LogP contribution in [0.3, 0.4) is 0 Å². The van der Waals surface area contributed by atoms with Crippen LogP contribution in [0.15, 0.2) is 48.5 Å². The number of carbonyl (C=O) groups is 2. The summed E-state index contributed by atoms with van der Waals surface area (Å²) in [6.07, 6.45) is 0. The lowest BCUT2D eigenvalue weighted by atomic mass is 9.95. The molecule has 96 valence electrons. The zero-order valence-electron chi connectivity index (χ0n) is 10.3. The maximum absolute atomic E-state index is 10.9. The summed E-state index contributed by atoms with van der Waals surface area (Å²) in [5.74, 6) is -0.231. The average Bonchev–Trinajstić information content (AvgIpc) is 2.34. The highest BCUT2D eigenvalue weighted by atomic mass is 35.5. The number of rotatable bonds is 2. The number of para-hydroxylation sites is 1. The molecule has 1 aromatic carbocycles. The molecule has 1 N–H and O–H groups in total. The van der Waals surface area contributed by atoms with Gasteiger partial charge in [0.2, 0.25) is 5.91 Å². The number of amides is 1. The first-order valence-corrected chi connectivity index (χ1v) is 6.12. The number of fused-ring (bicyclic) bond motifs is 1. The summed E-state index contributed by atoms with van der Waals surface area (Å²) < 4.78 is 0. The van der Waals surface area contributed by atoms with E-state index in [4.69, 9.17) is 11.6 Å². The van der Waals surface area contributed by atoms with E-state index in [1.807, 2.05) is 0 Å². The molecule has 0 unspecified atom stereocenters. The number of halogens is 1. The Kier molecular flexibility index (Phi) is 3.97. The molecular formula is C15H12ClNO2. The van der Waals surface area contributed by atoms with E-state index >= 15 is 0 Å². The molecular weight excluding hydrogens is 262 g/mol. The van der Waals surface area contributed by atoms with E-state index in [0.29, 0.717) is 11.3 Å². The molecule has 0 aromatic heterocycles. The van der Waals surface area contributed by atoms with Gasteiger partial charge in [0, 0.05) is 6.92 Å². The first-order valence-electron chi connectivity index (χ1n) is 5.75. The number of hydrogen-bond acceptors (Lipinski definition) is 2.